The van der Waals surface area contributed by atoms with Crippen molar-refractivity contribution in [2.24, 2.45) is 0 Å². The molecule has 2 amide bonds. The SMILES string of the molecule is COCCCNC(=O)c1ccccc1NC(=O)c1ccc(CSc2ccc(Cl)cc2)cc1. The number of benzene rings is 3. The van der Waals surface area contributed by atoms with Crippen molar-refractivity contribution in [3.05, 3.63) is 94.5 Å². The fourth-order valence-electron chi connectivity index (χ4n) is 2.95. The van der Waals surface area contributed by atoms with Crippen LogP contribution in [0.2, 0.25) is 5.02 Å². The van der Waals surface area contributed by atoms with Crippen molar-refractivity contribution < 1.29 is 14.3 Å². The summed E-state index contributed by atoms with van der Waals surface area (Å²) in [7, 11) is 1.62. The van der Waals surface area contributed by atoms with Gasteiger partial charge in [0.25, 0.3) is 11.8 Å². The smallest absolute Gasteiger partial charge is 0.255 e. The number of hydrogen-bond acceptors (Lipinski definition) is 4. The molecule has 2 N–H and O–H groups in total. The van der Waals surface area contributed by atoms with Gasteiger partial charge in [0.1, 0.15) is 0 Å². The van der Waals surface area contributed by atoms with Gasteiger partial charge in [0, 0.05) is 41.5 Å². The van der Waals surface area contributed by atoms with Gasteiger partial charge >= 0.3 is 0 Å². The topological polar surface area (TPSA) is 67.4 Å². The van der Waals surface area contributed by atoms with Gasteiger partial charge in [0.2, 0.25) is 0 Å². The van der Waals surface area contributed by atoms with E-state index in [2.05, 4.69) is 10.6 Å². The van der Waals surface area contributed by atoms with E-state index in [-0.39, 0.29) is 11.8 Å². The van der Waals surface area contributed by atoms with Gasteiger partial charge < -0.3 is 15.4 Å². The first-order valence-corrected chi connectivity index (χ1v) is 11.6. The molecule has 0 fully saturated rings. The molecule has 0 heterocycles. The Bertz CT molecular complexity index is 1040. The highest BCUT2D eigenvalue weighted by atomic mass is 35.5. The molecule has 0 saturated carbocycles. The second kappa shape index (κ2) is 12.3. The molecule has 0 radical (unpaired) electrons. The molecule has 3 aromatic carbocycles. The molecule has 3 aromatic rings. The van der Waals surface area contributed by atoms with Gasteiger partial charge in [0.05, 0.1) is 11.3 Å². The highest BCUT2D eigenvalue weighted by molar-refractivity contribution is 7.98. The third-order valence-corrected chi connectivity index (χ3v) is 6.00. The normalized spacial score (nSPS) is 10.6. The number of methoxy groups -OCH3 is 1. The van der Waals surface area contributed by atoms with Crippen LogP contribution in [0.5, 0.6) is 0 Å². The molecular weight excluding hydrogens is 444 g/mol. The summed E-state index contributed by atoms with van der Waals surface area (Å²) < 4.78 is 4.99. The Labute approximate surface area is 197 Å². The van der Waals surface area contributed by atoms with Gasteiger partial charge in [-0.05, 0) is 60.5 Å². The van der Waals surface area contributed by atoms with E-state index in [1.54, 1.807) is 55.3 Å². The molecule has 0 saturated heterocycles. The summed E-state index contributed by atoms with van der Waals surface area (Å²) in [5, 5.41) is 6.41. The van der Waals surface area contributed by atoms with Gasteiger partial charge in [0.15, 0.2) is 0 Å². The van der Waals surface area contributed by atoms with E-state index in [1.807, 2.05) is 36.4 Å². The maximum Gasteiger partial charge on any atom is 0.255 e. The largest absolute Gasteiger partial charge is 0.385 e. The maximum absolute atomic E-state index is 12.7. The molecule has 166 valence electrons. The molecule has 0 aliphatic carbocycles. The zero-order valence-corrected chi connectivity index (χ0v) is 19.3. The van der Waals surface area contributed by atoms with Gasteiger partial charge in [-0.15, -0.1) is 11.8 Å². The van der Waals surface area contributed by atoms with Crippen molar-refractivity contribution in [1.29, 1.82) is 0 Å². The number of rotatable bonds is 10. The molecular formula is C25H25ClN2O3S. The highest BCUT2D eigenvalue weighted by Crippen LogP contribution is 2.24. The van der Waals surface area contributed by atoms with E-state index < -0.39 is 0 Å². The Morgan fingerprint density at radius 2 is 1.66 bits per heavy atom. The fourth-order valence-corrected chi connectivity index (χ4v) is 3.93. The van der Waals surface area contributed by atoms with Crippen molar-refractivity contribution in [3.63, 3.8) is 0 Å². The summed E-state index contributed by atoms with van der Waals surface area (Å²) in [6, 6.07) is 22.1. The zero-order valence-electron chi connectivity index (χ0n) is 17.8. The van der Waals surface area contributed by atoms with Crippen LogP contribution >= 0.6 is 23.4 Å². The van der Waals surface area contributed by atoms with Gasteiger partial charge in [-0.1, -0.05) is 35.9 Å². The predicted molar refractivity (Wildman–Crippen MR) is 131 cm³/mol. The van der Waals surface area contributed by atoms with Gasteiger partial charge in [-0.25, -0.2) is 0 Å². The van der Waals surface area contributed by atoms with Crippen molar-refractivity contribution in [2.75, 3.05) is 25.6 Å². The Morgan fingerprint density at radius 1 is 0.938 bits per heavy atom. The first-order chi connectivity index (χ1) is 15.6. The van der Waals surface area contributed by atoms with Crippen molar-refractivity contribution >= 4 is 40.9 Å². The number of nitrogens with one attached hydrogen (secondary N) is 2. The molecule has 5 nitrogen and oxygen atoms in total. The van der Waals surface area contributed by atoms with E-state index in [0.29, 0.717) is 30.0 Å². The lowest BCUT2D eigenvalue weighted by Crippen LogP contribution is -2.26. The number of ether oxygens (including phenoxy) is 1. The van der Waals surface area contributed by atoms with Crippen molar-refractivity contribution in [1.82, 2.24) is 5.32 Å². The fraction of sp³-hybridized carbons (Fsp3) is 0.200. The minimum atomic E-state index is -0.262. The first-order valence-electron chi connectivity index (χ1n) is 10.2. The van der Waals surface area contributed by atoms with E-state index in [4.69, 9.17) is 16.3 Å². The maximum atomic E-state index is 12.7. The lowest BCUT2D eigenvalue weighted by Gasteiger charge is -2.12. The third kappa shape index (κ3) is 7.12. The summed E-state index contributed by atoms with van der Waals surface area (Å²) in [6.45, 7) is 1.08. The van der Waals surface area contributed by atoms with Crippen LogP contribution in [0.15, 0.2) is 77.7 Å². The second-order valence-corrected chi connectivity index (χ2v) is 8.53. The second-order valence-electron chi connectivity index (χ2n) is 7.04. The third-order valence-electron chi connectivity index (χ3n) is 4.67. The molecule has 7 heteroatoms. The number of halogens is 1. The molecule has 0 spiro atoms. The van der Waals surface area contributed by atoms with Crippen LogP contribution < -0.4 is 10.6 Å². The number of carbonyl (C=O) groups excluding carboxylic acids is 2. The van der Waals surface area contributed by atoms with Crippen molar-refractivity contribution in [3.8, 4) is 0 Å². The number of amides is 2. The van der Waals surface area contributed by atoms with Crippen LogP contribution in [0, 0.1) is 0 Å². The summed E-state index contributed by atoms with van der Waals surface area (Å²) in [5.74, 6) is 0.295. The lowest BCUT2D eigenvalue weighted by atomic mass is 10.1. The molecule has 0 atom stereocenters. The molecule has 0 unspecified atom stereocenters. The molecule has 32 heavy (non-hydrogen) atoms. The Morgan fingerprint density at radius 3 is 2.38 bits per heavy atom. The van der Waals surface area contributed by atoms with Crippen LogP contribution in [0.4, 0.5) is 5.69 Å². The molecule has 0 bridgehead atoms. The molecule has 0 aliphatic rings. The molecule has 0 aromatic heterocycles. The Hall–Kier alpha value is -2.80. The average molecular weight is 469 g/mol. The van der Waals surface area contributed by atoms with Gasteiger partial charge in [-0.2, -0.15) is 0 Å². The van der Waals surface area contributed by atoms with E-state index in [0.717, 1.165) is 27.7 Å². The van der Waals surface area contributed by atoms with Crippen LogP contribution in [0.3, 0.4) is 0 Å². The average Bonchev–Trinajstić information content (AvgIpc) is 2.82. The summed E-state index contributed by atoms with van der Waals surface area (Å²) >= 11 is 7.62. The zero-order chi connectivity index (χ0) is 22.8. The number of anilines is 1. The van der Waals surface area contributed by atoms with E-state index in [1.165, 1.54) is 0 Å². The van der Waals surface area contributed by atoms with Crippen LogP contribution in [-0.2, 0) is 10.5 Å². The van der Waals surface area contributed by atoms with Crippen LogP contribution in [0.1, 0.15) is 32.7 Å². The summed E-state index contributed by atoms with van der Waals surface area (Å²) in [4.78, 5) is 26.4. The number of hydrogen-bond donors (Lipinski definition) is 2. The Balaban J connectivity index is 1.58. The van der Waals surface area contributed by atoms with Gasteiger partial charge in [-0.3, -0.25) is 9.59 Å². The van der Waals surface area contributed by atoms with E-state index >= 15 is 0 Å². The quantitative estimate of drug-likeness (QED) is 0.298. The monoisotopic (exact) mass is 468 g/mol. The Kier molecular flexibility index (Phi) is 9.16. The number of thioether (sulfide) groups is 1. The summed E-state index contributed by atoms with van der Waals surface area (Å²) in [6.07, 6.45) is 0.722. The minimum Gasteiger partial charge on any atom is -0.385 e. The number of para-hydroxylation sites is 1. The lowest BCUT2D eigenvalue weighted by molar-refractivity contribution is 0.0949. The molecule has 3 rings (SSSR count). The molecule has 0 aliphatic heterocycles. The van der Waals surface area contributed by atoms with Crippen LogP contribution in [-0.4, -0.2) is 32.1 Å². The van der Waals surface area contributed by atoms with E-state index in [9.17, 15) is 9.59 Å². The predicted octanol–water partition coefficient (Wildman–Crippen LogP) is 5.65. The standard InChI is InChI=1S/C25H25ClN2O3S/c1-31-16-4-15-27-25(30)22-5-2-3-6-23(22)28-24(29)19-9-7-18(8-10-19)17-32-21-13-11-20(26)12-14-21/h2-3,5-14H,4,15-17H2,1H3,(H,27,30)(H,28,29). The van der Waals surface area contributed by atoms with Crippen LogP contribution in [0.25, 0.3) is 0 Å². The number of carbonyl (C=O) groups is 2. The minimum absolute atomic E-state index is 0.230. The first kappa shape index (κ1) is 23.9. The summed E-state index contributed by atoms with van der Waals surface area (Å²) in [5.41, 5.74) is 2.54. The van der Waals surface area contributed by atoms with Crippen molar-refractivity contribution in [2.45, 2.75) is 17.1 Å². The highest BCUT2D eigenvalue weighted by Gasteiger charge is 2.14.